The van der Waals surface area contributed by atoms with Gasteiger partial charge in [0, 0.05) is 7.05 Å². The average Bonchev–Trinajstić information content (AvgIpc) is 1.86. The molecule has 1 N–H and O–H groups in total. The first kappa shape index (κ1) is 4.01. The van der Waals surface area contributed by atoms with Gasteiger partial charge in [-0.3, -0.25) is 0 Å². The quantitative estimate of drug-likeness (QED) is 0.397. The number of rotatable bonds is 0. The molecule has 0 aromatic heterocycles. The van der Waals surface area contributed by atoms with Crippen LogP contribution < -0.4 is 5.43 Å². The van der Waals surface area contributed by atoms with E-state index in [2.05, 4.69) is 15.3 Å². The lowest BCUT2D eigenvalue weighted by Crippen LogP contribution is -2.24. The highest BCUT2D eigenvalue weighted by molar-refractivity contribution is 4.16. The fourth-order valence-corrected chi connectivity index (χ4v) is 0.249. The van der Waals surface area contributed by atoms with Gasteiger partial charge in [-0.1, -0.05) is 5.17 Å². The molecular formula is C2H6N2O2. The van der Waals surface area contributed by atoms with E-state index in [0.29, 0.717) is 6.73 Å². The first-order valence-electron chi connectivity index (χ1n) is 1.66. The van der Waals surface area contributed by atoms with Gasteiger partial charge in [0.25, 0.3) is 0 Å². The molecule has 0 spiro atoms. The van der Waals surface area contributed by atoms with E-state index in [1.807, 2.05) is 0 Å². The van der Waals surface area contributed by atoms with Crippen LogP contribution in [0.3, 0.4) is 0 Å². The SMILES string of the molecule is CN1NCOO1. The summed E-state index contributed by atoms with van der Waals surface area (Å²) >= 11 is 0. The third kappa shape index (κ3) is 0.662. The molecule has 0 unspecified atom stereocenters. The molecule has 0 saturated carbocycles. The molecule has 0 aromatic carbocycles. The number of hydroxylamine groups is 1. The Hall–Kier alpha value is -0.160. The highest BCUT2D eigenvalue weighted by Crippen LogP contribution is 1.86. The second kappa shape index (κ2) is 1.53. The van der Waals surface area contributed by atoms with Crippen molar-refractivity contribution < 1.29 is 9.88 Å². The summed E-state index contributed by atoms with van der Waals surface area (Å²) in [6.07, 6.45) is 0. The van der Waals surface area contributed by atoms with E-state index in [4.69, 9.17) is 0 Å². The van der Waals surface area contributed by atoms with Gasteiger partial charge in [-0.15, -0.1) is 4.99 Å². The van der Waals surface area contributed by atoms with Crippen LogP contribution in [-0.2, 0) is 9.88 Å². The highest BCUT2D eigenvalue weighted by Gasteiger charge is 2.03. The molecule has 4 heteroatoms. The van der Waals surface area contributed by atoms with Crippen molar-refractivity contribution in [1.82, 2.24) is 10.6 Å². The third-order valence-electron chi connectivity index (χ3n) is 0.511. The van der Waals surface area contributed by atoms with Gasteiger partial charge in [0.05, 0.1) is 0 Å². The molecule has 0 bridgehead atoms. The second-order valence-corrected chi connectivity index (χ2v) is 0.992. The Morgan fingerprint density at radius 1 is 1.83 bits per heavy atom. The molecule has 1 saturated heterocycles. The Bertz CT molecular complexity index is 42.8. The van der Waals surface area contributed by atoms with Crippen molar-refractivity contribution >= 4 is 0 Å². The molecule has 1 rings (SSSR count). The number of hydrazine groups is 1. The summed E-state index contributed by atoms with van der Waals surface area (Å²) in [6, 6.07) is 0. The van der Waals surface area contributed by atoms with Gasteiger partial charge in [0.15, 0.2) is 0 Å². The highest BCUT2D eigenvalue weighted by atomic mass is 17.3. The summed E-state index contributed by atoms with van der Waals surface area (Å²) in [5.41, 5.74) is 2.71. The molecule has 0 atom stereocenters. The number of hydrogen-bond acceptors (Lipinski definition) is 4. The molecule has 1 fully saturated rings. The monoisotopic (exact) mass is 90.0 g/mol. The maximum atomic E-state index is 4.38. The fourth-order valence-electron chi connectivity index (χ4n) is 0.249. The second-order valence-electron chi connectivity index (χ2n) is 0.992. The predicted molar refractivity (Wildman–Crippen MR) is 17.9 cm³/mol. The van der Waals surface area contributed by atoms with Crippen LogP contribution in [0.2, 0.25) is 0 Å². The van der Waals surface area contributed by atoms with Gasteiger partial charge in [-0.05, 0) is 0 Å². The fraction of sp³-hybridized carbons (Fsp3) is 1.00. The van der Waals surface area contributed by atoms with Crippen molar-refractivity contribution in [3.05, 3.63) is 0 Å². The minimum absolute atomic E-state index is 0.441. The standard InChI is InChI=1S/C2H6N2O2/c1-4-3-2-5-6-4/h3H,2H2,1H3. The number of nitrogens with zero attached hydrogens (tertiary/aromatic N) is 1. The van der Waals surface area contributed by atoms with Crippen LogP contribution in [0.15, 0.2) is 0 Å². The summed E-state index contributed by atoms with van der Waals surface area (Å²) < 4.78 is 0. The smallest absolute Gasteiger partial charge is 0.149 e. The maximum absolute atomic E-state index is 4.38. The molecule has 4 nitrogen and oxygen atoms in total. The van der Waals surface area contributed by atoms with E-state index in [9.17, 15) is 0 Å². The van der Waals surface area contributed by atoms with Crippen LogP contribution in [0.5, 0.6) is 0 Å². The molecule has 1 aliphatic rings. The molecule has 0 aliphatic carbocycles. The predicted octanol–water partition coefficient (Wildman–Crippen LogP) is -0.743. The lowest BCUT2D eigenvalue weighted by Gasteiger charge is -1.96. The number of nitrogens with one attached hydrogen (secondary N) is 1. The summed E-state index contributed by atoms with van der Waals surface area (Å²) in [6.45, 7) is 0.441. The molecule has 1 aliphatic heterocycles. The van der Waals surface area contributed by atoms with Crippen molar-refractivity contribution in [3.63, 3.8) is 0 Å². The minimum Gasteiger partial charge on any atom is -0.201 e. The van der Waals surface area contributed by atoms with Gasteiger partial charge < -0.3 is 0 Å². The third-order valence-corrected chi connectivity index (χ3v) is 0.511. The largest absolute Gasteiger partial charge is 0.201 e. The molecule has 0 aromatic rings. The average molecular weight is 90.1 g/mol. The van der Waals surface area contributed by atoms with Crippen LogP contribution >= 0.6 is 0 Å². The van der Waals surface area contributed by atoms with Gasteiger partial charge in [-0.25, -0.2) is 5.43 Å². The first-order chi connectivity index (χ1) is 2.89. The van der Waals surface area contributed by atoms with Crippen molar-refractivity contribution in [2.75, 3.05) is 13.8 Å². The van der Waals surface area contributed by atoms with Crippen LogP contribution in [0.1, 0.15) is 0 Å². The lowest BCUT2D eigenvalue weighted by atomic mass is 11.3. The molecule has 0 radical (unpaired) electrons. The van der Waals surface area contributed by atoms with E-state index >= 15 is 0 Å². The van der Waals surface area contributed by atoms with Crippen LogP contribution in [0.25, 0.3) is 0 Å². The Morgan fingerprint density at radius 3 is 2.83 bits per heavy atom. The van der Waals surface area contributed by atoms with E-state index in [1.54, 1.807) is 7.05 Å². The zero-order chi connectivity index (χ0) is 4.41. The normalized spacial score (nSPS) is 25.5. The summed E-state index contributed by atoms with van der Waals surface area (Å²) in [7, 11) is 1.72. The topological polar surface area (TPSA) is 33.7 Å². The van der Waals surface area contributed by atoms with Crippen LogP contribution in [0.4, 0.5) is 0 Å². The zero-order valence-corrected chi connectivity index (χ0v) is 3.47. The minimum atomic E-state index is 0.441. The summed E-state index contributed by atoms with van der Waals surface area (Å²) in [5.74, 6) is 0. The molecule has 1 heterocycles. The maximum Gasteiger partial charge on any atom is 0.149 e. The van der Waals surface area contributed by atoms with Gasteiger partial charge in [-0.2, -0.15) is 4.89 Å². The summed E-state index contributed by atoms with van der Waals surface area (Å²) in [5, 5.41) is 1.39. The Kier molecular flexibility index (Phi) is 1.02. The van der Waals surface area contributed by atoms with Crippen molar-refractivity contribution in [1.29, 1.82) is 0 Å². The van der Waals surface area contributed by atoms with Gasteiger partial charge in [0.1, 0.15) is 6.73 Å². The molecule has 0 amide bonds. The Balaban J connectivity index is 2.18. The van der Waals surface area contributed by atoms with E-state index in [0.717, 1.165) is 0 Å². The molecule has 6 heavy (non-hydrogen) atoms. The van der Waals surface area contributed by atoms with E-state index in [1.165, 1.54) is 5.17 Å². The first-order valence-corrected chi connectivity index (χ1v) is 1.66. The van der Waals surface area contributed by atoms with Crippen molar-refractivity contribution in [2.45, 2.75) is 0 Å². The van der Waals surface area contributed by atoms with Gasteiger partial charge in [0.2, 0.25) is 0 Å². The molecule has 36 valence electrons. The zero-order valence-electron chi connectivity index (χ0n) is 3.47. The van der Waals surface area contributed by atoms with Crippen LogP contribution in [0, 0.1) is 0 Å². The number of hydrogen-bond donors (Lipinski definition) is 1. The summed E-state index contributed by atoms with van der Waals surface area (Å²) in [4.78, 5) is 8.75. The van der Waals surface area contributed by atoms with E-state index < -0.39 is 0 Å². The van der Waals surface area contributed by atoms with Crippen molar-refractivity contribution in [3.8, 4) is 0 Å². The lowest BCUT2D eigenvalue weighted by molar-refractivity contribution is -0.366. The van der Waals surface area contributed by atoms with Crippen LogP contribution in [-0.4, -0.2) is 19.0 Å². The Morgan fingerprint density at radius 2 is 2.67 bits per heavy atom. The van der Waals surface area contributed by atoms with Crippen molar-refractivity contribution in [2.24, 2.45) is 0 Å². The Labute approximate surface area is 35.5 Å². The van der Waals surface area contributed by atoms with E-state index in [-0.39, 0.29) is 0 Å². The van der Waals surface area contributed by atoms with Gasteiger partial charge >= 0.3 is 0 Å². The molecular weight excluding hydrogens is 84.0 g/mol.